The van der Waals surface area contributed by atoms with Crippen molar-refractivity contribution in [1.29, 1.82) is 0 Å². The summed E-state index contributed by atoms with van der Waals surface area (Å²) in [6, 6.07) is 3.76. The number of hydrogen-bond acceptors (Lipinski definition) is 3. The minimum Gasteiger partial charge on any atom is -0.444 e. The van der Waals surface area contributed by atoms with Gasteiger partial charge in [-0.05, 0) is 26.0 Å². The molecule has 0 saturated carbocycles. The van der Waals surface area contributed by atoms with Crippen LogP contribution in [0.1, 0.15) is 11.5 Å². The van der Waals surface area contributed by atoms with Gasteiger partial charge in [-0.3, -0.25) is 9.36 Å². The van der Waals surface area contributed by atoms with Gasteiger partial charge in [0.15, 0.2) is 0 Å². The molecule has 0 spiro atoms. The molecular formula is C12H11N3O2. The Morgan fingerprint density at radius 1 is 1.24 bits per heavy atom. The third-order valence-electron chi connectivity index (χ3n) is 2.82. The average Bonchev–Trinajstić information content (AvgIpc) is 2.91. The van der Waals surface area contributed by atoms with Crippen molar-refractivity contribution in [2.75, 3.05) is 0 Å². The summed E-state index contributed by atoms with van der Waals surface area (Å²) in [5, 5.41) is 7.77. The molecule has 0 bridgehead atoms. The maximum atomic E-state index is 11.9. The highest BCUT2D eigenvalue weighted by Gasteiger charge is 2.17. The van der Waals surface area contributed by atoms with Gasteiger partial charge in [-0.25, -0.2) is 5.10 Å². The number of aromatic amines is 1. The lowest BCUT2D eigenvalue weighted by atomic mass is 10.2. The summed E-state index contributed by atoms with van der Waals surface area (Å²) in [6.07, 6.45) is 3.68. The molecule has 0 aromatic carbocycles. The Hall–Kier alpha value is -2.30. The predicted molar refractivity (Wildman–Crippen MR) is 63.4 cm³/mol. The summed E-state index contributed by atoms with van der Waals surface area (Å²) >= 11 is 0. The van der Waals surface area contributed by atoms with E-state index in [4.69, 9.17) is 4.42 Å². The molecule has 5 heteroatoms. The molecule has 3 aromatic rings. The van der Waals surface area contributed by atoms with Crippen LogP contribution in [0.25, 0.3) is 16.7 Å². The number of rotatable bonds is 1. The molecule has 3 heterocycles. The van der Waals surface area contributed by atoms with Gasteiger partial charge in [0.1, 0.15) is 11.1 Å². The molecule has 3 rings (SSSR count). The highest BCUT2D eigenvalue weighted by Crippen LogP contribution is 2.26. The van der Waals surface area contributed by atoms with E-state index >= 15 is 0 Å². The van der Waals surface area contributed by atoms with E-state index in [9.17, 15) is 4.79 Å². The number of hydrogen-bond donors (Lipinski definition) is 1. The van der Waals surface area contributed by atoms with E-state index in [0.717, 1.165) is 11.1 Å². The summed E-state index contributed by atoms with van der Waals surface area (Å²) < 4.78 is 7.46. The van der Waals surface area contributed by atoms with Gasteiger partial charge in [0, 0.05) is 12.4 Å². The van der Waals surface area contributed by atoms with Gasteiger partial charge in [0.05, 0.1) is 11.1 Å². The molecule has 0 radical (unpaired) electrons. The van der Waals surface area contributed by atoms with Crippen LogP contribution >= 0.6 is 0 Å². The Kier molecular flexibility index (Phi) is 1.95. The smallest absolute Gasteiger partial charge is 0.277 e. The second-order valence-corrected chi connectivity index (χ2v) is 3.94. The van der Waals surface area contributed by atoms with Crippen molar-refractivity contribution in [2.45, 2.75) is 13.8 Å². The quantitative estimate of drug-likeness (QED) is 0.693. The Bertz CT molecular complexity index is 735. The second-order valence-electron chi connectivity index (χ2n) is 3.94. The van der Waals surface area contributed by atoms with Gasteiger partial charge in [-0.1, -0.05) is 0 Å². The Morgan fingerprint density at radius 3 is 2.65 bits per heavy atom. The number of H-pyrrole nitrogens is 1. The number of aryl methyl sites for hydroxylation is 2. The number of fused-ring (bicyclic) bond motifs is 1. The molecule has 0 atom stereocenters. The lowest BCUT2D eigenvalue weighted by Gasteiger charge is -1.97. The first-order valence-electron chi connectivity index (χ1n) is 5.30. The molecule has 0 aliphatic rings. The maximum absolute atomic E-state index is 11.9. The van der Waals surface area contributed by atoms with E-state index in [1.165, 1.54) is 0 Å². The molecule has 86 valence electrons. The summed E-state index contributed by atoms with van der Waals surface area (Å²) in [7, 11) is 0. The van der Waals surface area contributed by atoms with Crippen molar-refractivity contribution < 1.29 is 4.42 Å². The molecular weight excluding hydrogens is 218 g/mol. The number of furan rings is 1. The zero-order valence-electron chi connectivity index (χ0n) is 9.52. The van der Waals surface area contributed by atoms with Crippen molar-refractivity contribution in [1.82, 2.24) is 14.8 Å². The average molecular weight is 229 g/mol. The SMILES string of the molecule is Cc1n[nH]c(=O)c2c(-n3cccc3)oc(C)c12. The minimum atomic E-state index is -0.230. The lowest BCUT2D eigenvalue weighted by Crippen LogP contribution is -2.10. The van der Waals surface area contributed by atoms with Crippen molar-refractivity contribution >= 4 is 10.8 Å². The topological polar surface area (TPSA) is 63.8 Å². The zero-order valence-corrected chi connectivity index (χ0v) is 9.52. The van der Waals surface area contributed by atoms with Crippen LogP contribution in [0.5, 0.6) is 0 Å². The Balaban J connectivity index is 2.50. The van der Waals surface area contributed by atoms with Crippen molar-refractivity contribution in [3.8, 4) is 5.88 Å². The molecule has 0 aliphatic carbocycles. The van der Waals surface area contributed by atoms with Crippen molar-refractivity contribution in [3.63, 3.8) is 0 Å². The van der Waals surface area contributed by atoms with Gasteiger partial charge in [0.25, 0.3) is 5.56 Å². The zero-order chi connectivity index (χ0) is 12.0. The monoisotopic (exact) mass is 229 g/mol. The first-order valence-corrected chi connectivity index (χ1v) is 5.30. The fraction of sp³-hybridized carbons (Fsp3) is 0.167. The summed E-state index contributed by atoms with van der Waals surface area (Å²) in [5.41, 5.74) is 0.533. The lowest BCUT2D eigenvalue weighted by molar-refractivity contribution is 0.516. The van der Waals surface area contributed by atoms with Crippen LogP contribution < -0.4 is 5.56 Å². The van der Waals surface area contributed by atoms with E-state index in [1.807, 2.05) is 38.4 Å². The highest BCUT2D eigenvalue weighted by atomic mass is 16.4. The van der Waals surface area contributed by atoms with Gasteiger partial charge in [-0.2, -0.15) is 5.10 Å². The van der Waals surface area contributed by atoms with Crippen LogP contribution in [-0.2, 0) is 0 Å². The molecule has 0 unspecified atom stereocenters. The van der Waals surface area contributed by atoms with Crippen LogP contribution in [0.3, 0.4) is 0 Å². The van der Waals surface area contributed by atoms with E-state index in [1.54, 1.807) is 4.57 Å². The van der Waals surface area contributed by atoms with Gasteiger partial charge in [0.2, 0.25) is 5.88 Å². The minimum absolute atomic E-state index is 0.230. The van der Waals surface area contributed by atoms with Crippen LogP contribution in [0.15, 0.2) is 33.7 Å². The van der Waals surface area contributed by atoms with Crippen LogP contribution in [0.4, 0.5) is 0 Å². The van der Waals surface area contributed by atoms with Gasteiger partial charge < -0.3 is 4.42 Å². The molecule has 3 aromatic heterocycles. The number of aromatic nitrogens is 3. The number of nitrogens with one attached hydrogen (secondary N) is 1. The van der Waals surface area contributed by atoms with Gasteiger partial charge >= 0.3 is 0 Å². The standard InChI is InChI=1S/C12H11N3O2/c1-7-9-8(2)17-12(15-5-3-4-6-15)10(9)11(16)14-13-7/h3-6H,1-2H3,(H,14,16). The molecule has 17 heavy (non-hydrogen) atoms. The summed E-state index contributed by atoms with van der Waals surface area (Å²) in [6.45, 7) is 3.68. The Morgan fingerprint density at radius 2 is 1.94 bits per heavy atom. The molecule has 0 fully saturated rings. The Labute approximate surface area is 96.7 Å². The predicted octanol–water partition coefficient (Wildman–Crippen LogP) is 1.92. The first-order chi connectivity index (χ1) is 8.18. The van der Waals surface area contributed by atoms with E-state index in [2.05, 4.69) is 10.2 Å². The van der Waals surface area contributed by atoms with Gasteiger partial charge in [-0.15, -0.1) is 0 Å². The fourth-order valence-corrected chi connectivity index (χ4v) is 2.07. The summed E-state index contributed by atoms with van der Waals surface area (Å²) in [4.78, 5) is 11.9. The second kappa shape index (κ2) is 3.35. The van der Waals surface area contributed by atoms with E-state index < -0.39 is 0 Å². The van der Waals surface area contributed by atoms with Crippen LogP contribution in [0.2, 0.25) is 0 Å². The first kappa shape index (κ1) is 9.89. The largest absolute Gasteiger partial charge is 0.444 e. The maximum Gasteiger partial charge on any atom is 0.277 e. The van der Waals surface area contributed by atoms with Crippen LogP contribution in [-0.4, -0.2) is 14.8 Å². The molecule has 0 amide bonds. The third kappa shape index (κ3) is 1.32. The fourth-order valence-electron chi connectivity index (χ4n) is 2.07. The third-order valence-corrected chi connectivity index (χ3v) is 2.82. The van der Waals surface area contributed by atoms with Crippen molar-refractivity contribution in [3.05, 3.63) is 46.3 Å². The number of nitrogens with zero attached hydrogens (tertiary/aromatic N) is 2. The normalized spacial score (nSPS) is 11.2. The van der Waals surface area contributed by atoms with Crippen LogP contribution in [0, 0.1) is 13.8 Å². The molecule has 1 N–H and O–H groups in total. The molecule has 5 nitrogen and oxygen atoms in total. The molecule has 0 aliphatic heterocycles. The molecule has 0 saturated heterocycles. The van der Waals surface area contributed by atoms with E-state index in [-0.39, 0.29) is 5.56 Å². The van der Waals surface area contributed by atoms with Crippen molar-refractivity contribution in [2.24, 2.45) is 0 Å². The highest BCUT2D eigenvalue weighted by molar-refractivity contribution is 5.91. The summed E-state index contributed by atoms with van der Waals surface area (Å²) in [5.74, 6) is 1.24. The van der Waals surface area contributed by atoms with E-state index in [0.29, 0.717) is 17.0 Å².